The third kappa shape index (κ3) is 2.19. The molecule has 0 atom stereocenters. The molecule has 0 bridgehead atoms. The topological polar surface area (TPSA) is 102 Å². The van der Waals surface area contributed by atoms with Gasteiger partial charge < -0.3 is 15.7 Å². The number of anilines is 1. The fourth-order valence-corrected chi connectivity index (χ4v) is 0.569. The van der Waals surface area contributed by atoms with Gasteiger partial charge in [-0.2, -0.15) is 9.97 Å². The van der Waals surface area contributed by atoms with Crippen molar-refractivity contribution in [3.05, 3.63) is 12.0 Å². The van der Waals surface area contributed by atoms with E-state index in [1.807, 2.05) is 0 Å². The largest absolute Gasteiger partial charge is 0.463 e. The molecular weight excluding hydrogens is 195 g/mol. The highest BCUT2D eigenvalue weighted by molar-refractivity contribution is 5.63. The first kappa shape index (κ1) is 9.96. The summed E-state index contributed by atoms with van der Waals surface area (Å²) >= 11 is 0. The molecule has 0 aliphatic rings. The second kappa shape index (κ2) is 3.73. The predicted octanol–water partition coefficient (Wildman–Crippen LogP) is 0.102. The first-order valence-electron chi connectivity index (χ1n) is 3.43. The lowest BCUT2D eigenvalue weighted by Crippen LogP contribution is -2.29. The number of rotatable bonds is 2. The molecule has 0 aliphatic heterocycles. The third-order valence-corrected chi connectivity index (χ3v) is 1.24. The van der Waals surface area contributed by atoms with Gasteiger partial charge in [-0.25, -0.2) is 9.18 Å². The highest BCUT2D eigenvalue weighted by Crippen LogP contribution is 2.09. The van der Waals surface area contributed by atoms with Gasteiger partial charge in [0.2, 0.25) is 0 Å². The van der Waals surface area contributed by atoms with Gasteiger partial charge in [0.25, 0.3) is 0 Å². The maximum atomic E-state index is 12.6. The first-order chi connectivity index (χ1) is 6.50. The van der Waals surface area contributed by atoms with Gasteiger partial charge in [0, 0.05) is 0 Å². The van der Waals surface area contributed by atoms with E-state index in [0.717, 1.165) is 13.2 Å². The van der Waals surface area contributed by atoms with Crippen LogP contribution in [0.2, 0.25) is 0 Å². The van der Waals surface area contributed by atoms with E-state index >= 15 is 0 Å². The molecule has 0 saturated carbocycles. The first-order valence-corrected chi connectivity index (χ1v) is 3.43. The van der Waals surface area contributed by atoms with E-state index in [0.29, 0.717) is 5.06 Å². The zero-order valence-corrected chi connectivity index (χ0v) is 7.14. The third-order valence-electron chi connectivity index (χ3n) is 1.24. The number of nitrogens with zero attached hydrogens (tertiary/aromatic N) is 3. The van der Waals surface area contributed by atoms with Gasteiger partial charge in [0.05, 0.1) is 13.2 Å². The van der Waals surface area contributed by atoms with E-state index < -0.39 is 17.7 Å². The number of nitrogens with two attached hydrogens (primary N) is 1. The lowest BCUT2D eigenvalue weighted by Gasteiger charge is -2.11. The van der Waals surface area contributed by atoms with Gasteiger partial charge in [0.1, 0.15) is 0 Å². The number of nitrogen functional groups attached to an aromatic ring is 1. The van der Waals surface area contributed by atoms with Gasteiger partial charge in [-0.15, -0.1) is 5.06 Å². The Morgan fingerprint density at radius 2 is 2.43 bits per heavy atom. The van der Waals surface area contributed by atoms with E-state index in [-0.39, 0.29) is 6.01 Å². The van der Waals surface area contributed by atoms with Crippen molar-refractivity contribution in [2.24, 2.45) is 0 Å². The summed E-state index contributed by atoms with van der Waals surface area (Å²) in [5.41, 5.74) is 5.10. The molecule has 1 aromatic rings. The Labute approximate surface area is 77.9 Å². The number of hydroxylamine groups is 2. The molecule has 8 heteroatoms. The van der Waals surface area contributed by atoms with Gasteiger partial charge in [0.15, 0.2) is 11.6 Å². The molecule has 3 N–H and O–H groups in total. The molecule has 1 aromatic heterocycles. The molecule has 7 nitrogen and oxygen atoms in total. The quantitative estimate of drug-likeness (QED) is 0.659. The van der Waals surface area contributed by atoms with Crippen molar-refractivity contribution < 1.29 is 19.1 Å². The fourth-order valence-electron chi connectivity index (χ4n) is 0.569. The highest BCUT2D eigenvalue weighted by atomic mass is 19.1. The zero-order chi connectivity index (χ0) is 10.7. The molecule has 76 valence electrons. The summed E-state index contributed by atoms with van der Waals surface area (Å²) in [4.78, 5) is 21.6. The van der Waals surface area contributed by atoms with Crippen molar-refractivity contribution in [3.8, 4) is 6.01 Å². The van der Waals surface area contributed by atoms with Crippen LogP contribution in [0.25, 0.3) is 0 Å². The highest BCUT2D eigenvalue weighted by Gasteiger charge is 2.11. The van der Waals surface area contributed by atoms with Crippen molar-refractivity contribution in [1.82, 2.24) is 15.0 Å². The summed E-state index contributed by atoms with van der Waals surface area (Å²) in [5.74, 6) is -1.20. The summed E-state index contributed by atoms with van der Waals surface area (Å²) in [6.45, 7) is 0. The summed E-state index contributed by atoms with van der Waals surface area (Å²) in [6.07, 6.45) is -0.552. The van der Waals surface area contributed by atoms with Gasteiger partial charge in [-0.1, -0.05) is 0 Å². The van der Waals surface area contributed by atoms with Crippen LogP contribution in [0.5, 0.6) is 6.01 Å². The van der Waals surface area contributed by atoms with E-state index in [2.05, 4.69) is 14.8 Å². The molecule has 1 amide bonds. The number of hydrogen-bond donors (Lipinski definition) is 2. The van der Waals surface area contributed by atoms with Gasteiger partial charge in [-0.05, 0) is 0 Å². The normalized spacial score (nSPS) is 9.57. The van der Waals surface area contributed by atoms with Gasteiger partial charge >= 0.3 is 12.1 Å². The Bertz CT molecular complexity index is 359. The minimum Gasteiger partial charge on any atom is -0.463 e. The van der Waals surface area contributed by atoms with Crippen LogP contribution in [0.3, 0.4) is 0 Å². The molecule has 0 fully saturated rings. The molecule has 1 heterocycles. The monoisotopic (exact) mass is 202 g/mol. The van der Waals surface area contributed by atoms with Crippen molar-refractivity contribution in [2.75, 3.05) is 12.8 Å². The van der Waals surface area contributed by atoms with Gasteiger partial charge in [-0.3, -0.25) is 0 Å². The molecule has 0 unspecified atom stereocenters. The van der Waals surface area contributed by atoms with Crippen molar-refractivity contribution in [2.45, 2.75) is 0 Å². The molecular formula is C6H7FN4O3. The Balaban J connectivity index is 2.78. The lowest BCUT2D eigenvalue weighted by molar-refractivity contribution is -0.0214. The second-order valence-corrected chi connectivity index (χ2v) is 2.26. The number of aromatic nitrogens is 2. The number of carbonyl (C=O) groups is 1. The van der Waals surface area contributed by atoms with Crippen LogP contribution in [0.15, 0.2) is 6.20 Å². The number of carboxylic acid groups (broad SMARTS) is 1. The standard InChI is InChI=1S/C6H7FN4O3/c1-11(6(12)13)14-5-9-2-3(7)4(8)10-5/h2H,1H3,(H,12,13)(H2,8,9,10). The Kier molecular flexibility index (Phi) is 2.65. The SMILES string of the molecule is CN(Oc1ncc(F)c(N)n1)C(=O)O. The lowest BCUT2D eigenvalue weighted by atomic mass is 10.6. The fraction of sp³-hybridized carbons (Fsp3) is 0.167. The minimum absolute atomic E-state index is 0.339. The average Bonchev–Trinajstić information content (AvgIpc) is 2.11. The van der Waals surface area contributed by atoms with Crippen LogP contribution in [0, 0.1) is 5.82 Å². The van der Waals surface area contributed by atoms with E-state index in [1.54, 1.807) is 0 Å². The predicted molar refractivity (Wildman–Crippen MR) is 42.8 cm³/mol. The van der Waals surface area contributed by atoms with Crippen LogP contribution >= 0.6 is 0 Å². The second-order valence-electron chi connectivity index (χ2n) is 2.26. The molecule has 14 heavy (non-hydrogen) atoms. The number of amides is 1. The zero-order valence-electron chi connectivity index (χ0n) is 7.14. The summed E-state index contributed by atoms with van der Waals surface area (Å²) in [6, 6.07) is -0.339. The van der Waals surface area contributed by atoms with Crippen LogP contribution < -0.4 is 10.6 Å². The van der Waals surface area contributed by atoms with E-state index in [9.17, 15) is 9.18 Å². The molecule has 0 aromatic carbocycles. The van der Waals surface area contributed by atoms with Crippen molar-refractivity contribution in [1.29, 1.82) is 0 Å². The summed E-state index contributed by atoms with van der Waals surface area (Å²) in [7, 11) is 1.13. The molecule has 0 saturated heterocycles. The molecule has 0 aliphatic carbocycles. The van der Waals surface area contributed by atoms with Crippen molar-refractivity contribution in [3.63, 3.8) is 0 Å². The average molecular weight is 202 g/mol. The summed E-state index contributed by atoms with van der Waals surface area (Å²) in [5, 5.41) is 8.87. The van der Waals surface area contributed by atoms with Crippen LogP contribution in [0.1, 0.15) is 0 Å². The maximum absolute atomic E-state index is 12.6. The Hall–Kier alpha value is -2.12. The van der Waals surface area contributed by atoms with Crippen LogP contribution in [-0.2, 0) is 0 Å². The molecule has 0 spiro atoms. The number of hydrogen-bond acceptors (Lipinski definition) is 5. The summed E-state index contributed by atoms with van der Waals surface area (Å²) < 4.78 is 12.6. The molecule has 1 rings (SSSR count). The minimum atomic E-state index is -1.34. The van der Waals surface area contributed by atoms with E-state index in [4.69, 9.17) is 10.8 Å². The molecule has 0 radical (unpaired) electrons. The Morgan fingerprint density at radius 1 is 1.79 bits per heavy atom. The van der Waals surface area contributed by atoms with E-state index in [1.165, 1.54) is 0 Å². The van der Waals surface area contributed by atoms with Crippen LogP contribution in [-0.4, -0.2) is 33.3 Å². The smallest absolute Gasteiger partial charge is 0.440 e. The Morgan fingerprint density at radius 3 is 2.93 bits per heavy atom. The van der Waals surface area contributed by atoms with Crippen LogP contribution in [0.4, 0.5) is 15.0 Å². The maximum Gasteiger partial charge on any atom is 0.440 e. The van der Waals surface area contributed by atoms with Crippen molar-refractivity contribution >= 4 is 11.9 Å². The number of halogens is 1.